The Balaban J connectivity index is 2.05. The van der Waals surface area contributed by atoms with Crippen LogP contribution >= 0.6 is 0 Å². The molecule has 0 fully saturated rings. The van der Waals surface area contributed by atoms with Gasteiger partial charge < -0.3 is 19.7 Å². The molecule has 0 aliphatic heterocycles. The van der Waals surface area contributed by atoms with Crippen molar-refractivity contribution < 1.29 is 27.8 Å². The Morgan fingerprint density at radius 2 is 1.71 bits per heavy atom. The molecule has 2 aromatic carbocycles. The number of amides is 2. The molecular formula is C23H28F2N2O4. The van der Waals surface area contributed by atoms with Crippen molar-refractivity contribution in [2.45, 2.75) is 39.5 Å². The molecule has 2 amide bonds. The second-order valence-electron chi connectivity index (χ2n) is 7.51. The van der Waals surface area contributed by atoms with Gasteiger partial charge in [0.2, 0.25) is 11.8 Å². The third-order valence-corrected chi connectivity index (χ3v) is 4.70. The van der Waals surface area contributed by atoms with Gasteiger partial charge in [-0.1, -0.05) is 50.2 Å². The molecule has 0 radical (unpaired) electrons. The number of carbonyl (C=O) groups excluding carboxylic acids is 2. The summed E-state index contributed by atoms with van der Waals surface area (Å²) in [5.74, 6) is -0.533. The van der Waals surface area contributed by atoms with Crippen LogP contribution in [0.3, 0.4) is 0 Å². The summed E-state index contributed by atoms with van der Waals surface area (Å²) in [6.45, 7) is 0.967. The first-order valence-corrected chi connectivity index (χ1v) is 9.91. The Labute approximate surface area is 181 Å². The number of carbonyl (C=O) groups is 2. The molecule has 1 N–H and O–H groups in total. The van der Waals surface area contributed by atoms with E-state index in [1.54, 1.807) is 19.2 Å². The minimum atomic E-state index is -2.96. The highest BCUT2D eigenvalue weighted by atomic mass is 19.3. The highest BCUT2D eigenvalue weighted by Crippen LogP contribution is 2.29. The molecular weight excluding hydrogens is 406 g/mol. The number of halogens is 2. The molecule has 0 aliphatic rings. The zero-order valence-corrected chi connectivity index (χ0v) is 18.1. The van der Waals surface area contributed by atoms with Crippen LogP contribution in [0.1, 0.15) is 25.0 Å². The van der Waals surface area contributed by atoms with E-state index in [1.165, 1.54) is 18.1 Å². The number of hydrogen-bond donors (Lipinski definition) is 1. The van der Waals surface area contributed by atoms with E-state index < -0.39 is 12.7 Å². The van der Waals surface area contributed by atoms with Crippen LogP contribution in [0.15, 0.2) is 48.5 Å². The number of nitrogens with zero attached hydrogens (tertiary/aromatic N) is 1. The molecule has 0 saturated carbocycles. The van der Waals surface area contributed by atoms with Crippen molar-refractivity contribution in [2.75, 3.05) is 14.2 Å². The standard InChI is InChI=1S/C23H28F2N2O4/c1-15(2)21(26-20(28)13-16-8-6-5-7-9-16)22(29)27(3)14-17-10-11-18(31-23(24)25)19(12-17)30-4/h5-12,15,21,23H,13-14H2,1-4H3,(H,26,28)/t21-/m0/s1. The highest BCUT2D eigenvalue weighted by Gasteiger charge is 2.27. The Morgan fingerprint density at radius 3 is 2.29 bits per heavy atom. The first-order chi connectivity index (χ1) is 14.7. The molecule has 31 heavy (non-hydrogen) atoms. The quantitative estimate of drug-likeness (QED) is 0.620. The lowest BCUT2D eigenvalue weighted by Crippen LogP contribution is -2.50. The average Bonchev–Trinajstić information content (AvgIpc) is 2.72. The van der Waals surface area contributed by atoms with Gasteiger partial charge in [-0.3, -0.25) is 9.59 Å². The van der Waals surface area contributed by atoms with Crippen LogP contribution in [0.25, 0.3) is 0 Å². The van der Waals surface area contributed by atoms with Crippen LogP contribution in [0.5, 0.6) is 11.5 Å². The van der Waals surface area contributed by atoms with E-state index in [2.05, 4.69) is 10.1 Å². The Hall–Kier alpha value is -3.16. The van der Waals surface area contributed by atoms with Gasteiger partial charge in [0.15, 0.2) is 11.5 Å². The van der Waals surface area contributed by atoms with Crippen molar-refractivity contribution in [1.29, 1.82) is 0 Å². The van der Waals surface area contributed by atoms with Gasteiger partial charge in [-0.2, -0.15) is 8.78 Å². The van der Waals surface area contributed by atoms with Crippen molar-refractivity contribution in [2.24, 2.45) is 5.92 Å². The fourth-order valence-corrected chi connectivity index (χ4v) is 3.11. The molecule has 0 aromatic heterocycles. The number of nitrogens with one attached hydrogen (secondary N) is 1. The molecule has 0 spiro atoms. The van der Waals surface area contributed by atoms with Crippen LogP contribution in [0.2, 0.25) is 0 Å². The second-order valence-corrected chi connectivity index (χ2v) is 7.51. The predicted molar refractivity (Wildman–Crippen MR) is 113 cm³/mol. The third kappa shape index (κ3) is 7.24. The van der Waals surface area contributed by atoms with Crippen molar-refractivity contribution >= 4 is 11.8 Å². The van der Waals surface area contributed by atoms with Crippen LogP contribution in [-0.4, -0.2) is 43.5 Å². The topological polar surface area (TPSA) is 67.9 Å². The van der Waals surface area contributed by atoms with Gasteiger partial charge in [0.25, 0.3) is 0 Å². The second kappa shape index (κ2) is 11.3. The van der Waals surface area contributed by atoms with Gasteiger partial charge in [0.05, 0.1) is 13.5 Å². The summed E-state index contributed by atoms with van der Waals surface area (Å²) in [5.41, 5.74) is 1.54. The number of ether oxygens (including phenoxy) is 2. The van der Waals surface area contributed by atoms with Gasteiger partial charge >= 0.3 is 6.61 Å². The molecule has 0 unspecified atom stereocenters. The molecule has 0 bridgehead atoms. The van der Waals surface area contributed by atoms with E-state index in [0.29, 0.717) is 5.56 Å². The summed E-state index contributed by atoms with van der Waals surface area (Å²) in [6, 6.07) is 13.1. The largest absolute Gasteiger partial charge is 0.493 e. The zero-order chi connectivity index (χ0) is 23.0. The molecule has 2 rings (SSSR count). The summed E-state index contributed by atoms with van der Waals surface area (Å²) in [5, 5.41) is 2.83. The lowest BCUT2D eigenvalue weighted by Gasteiger charge is -2.27. The van der Waals surface area contributed by atoms with Gasteiger partial charge in [-0.05, 0) is 29.2 Å². The third-order valence-electron chi connectivity index (χ3n) is 4.70. The van der Waals surface area contributed by atoms with E-state index in [9.17, 15) is 18.4 Å². The number of rotatable bonds is 10. The number of methoxy groups -OCH3 is 1. The SMILES string of the molecule is COc1cc(CN(C)C(=O)[C@@H](NC(=O)Cc2ccccc2)C(C)C)ccc1OC(F)F. The molecule has 0 saturated heterocycles. The first-order valence-electron chi connectivity index (χ1n) is 9.91. The first kappa shape index (κ1) is 24.1. The lowest BCUT2D eigenvalue weighted by atomic mass is 10.0. The summed E-state index contributed by atoms with van der Waals surface area (Å²) in [7, 11) is 2.97. The number of alkyl halides is 2. The van der Waals surface area contributed by atoms with Gasteiger partial charge in [-0.15, -0.1) is 0 Å². The molecule has 8 heteroatoms. The Bertz CT molecular complexity index is 875. The van der Waals surface area contributed by atoms with E-state index in [4.69, 9.17) is 4.74 Å². The van der Waals surface area contributed by atoms with Gasteiger partial charge in [0.1, 0.15) is 6.04 Å². The van der Waals surface area contributed by atoms with E-state index in [1.807, 2.05) is 44.2 Å². The molecule has 168 valence electrons. The van der Waals surface area contributed by atoms with Crippen molar-refractivity contribution in [3.8, 4) is 11.5 Å². The maximum atomic E-state index is 13.0. The van der Waals surface area contributed by atoms with Crippen molar-refractivity contribution in [3.63, 3.8) is 0 Å². The van der Waals surface area contributed by atoms with E-state index in [0.717, 1.165) is 5.56 Å². The number of hydrogen-bond acceptors (Lipinski definition) is 4. The average molecular weight is 434 g/mol. The summed E-state index contributed by atoms with van der Waals surface area (Å²) >= 11 is 0. The fourth-order valence-electron chi connectivity index (χ4n) is 3.11. The lowest BCUT2D eigenvalue weighted by molar-refractivity contribution is -0.136. The maximum absolute atomic E-state index is 13.0. The summed E-state index contributed by atoms with van der Waals surface area (Å²) in [4.78, 5) is 26.9. The monoisotopic (exact) mass is 434 g/mol. The minimum Gasteiger partial charge on any atom is -0.493 e. The minimum absolute atomic E-state index is 0.0801. The normalized spacial score (nSPS) is 11.9. The van der Waals surface area contributed by atoms with Gasteiger partial charge in [-0.25, -0.2) is 0 Å². The fraction of sp³-hybridized carbons (Fsp3) is 0.391. The number of benzene rings is 2. The molecule has 0 heterocycles. The van der Waals surface area contributed by atoms with Crippen molar-refractivity contribution in [3.05, 3.63) is 59.7 Å². The van der Waals surface area contributed by atoms with Crippen LogP contribution in [-0.2, 0) is 22.6 Å². The van der Waals surface area contributed by atoms with E-state index >= 15 is 0 Å². The van der Waals surface area contributed by atoms with E-state index in [-0.39, 0.29) is 42.2 Å². The number of likely N-dealkylation sites (N-methyl/N-ethyl adjacent to an activating group) is 1. The highest BCUT2D eigenvalue weighted by molar-refractivity contribution is 5.88. The molecule has 6 nitrogen and oxygen atoms in total. The molecule has 0 aliphatic carbocycles. The smallest absolute Gasteiger partial charge is 0.387 e. The Kier molecular flexibility index (Phi) is 8.78. The van der Waals surface area contributed by atoms with Crippen LogP contribution in [0, 0.1) is 5.92 Å². The van der Waals surface area contributed by atoms with Crippen LogP contribution in [0.4, 0.5) is 8.78 Å². The Morgan fingerprint density at radius 1 is 1.03 bits per heavy atom. The van der Waals surface area contributed by atoms with Crippen LogP contribution < -0.4 is 14.8 Å². The predicted octanol–water partition coefficient (Wildman–Crippen LogP) is 3.64. The molecule has 1 atom stereocenters. The summed E-state index contributed by atoms with van der Waals surface area (Å²) in [6.07, 6.45) is 0.184. The summed E-state index contributed by atoms with van der Waals surface area (Å²) < 4.78 is 34.5. The van der Waals surface area contributed by atoms with Gasteiger partial charge in [0, 0.05) is 13.6 Å². The van der Waals surface area contributed by atoms with Crippen molar-refractivity contribution in [1.82, 2.24) is 10.2 Å². The molecule has 2 aromatic rings. The zero-order valence-electron chi connectivity index (χ0n) is 18.1. The maximum Gasteiger partial charge on any atom is 0.387 e.